The van der Waals surface area contributed by atoms with E-state index in [9.17, 15) is 9.18 Å². The van der Waals surface area contributed by atoms with Crippen LogP contribution >= 0.6 is 34.7 Å². The van der Waals surface area contributed by atoms with Gasteiger partial charge in [-0.1, -0.05) is 54.0 Å². The maximum atomic E-state index is 13.6. The summed E-state index contributed by atoms with van der Waals surface area (Å²) in [5.74, 6) is -0.704. The first kappa shape index (κ1) is 18.4. The molecule has 0 atom stereocenters. The molecule has 1 fully saturated rings. The first-order chi connectivity index (χ1) is 12.1. The Bertz CT molecular complexity index is 737. The average molecular weight is 401 g/mol. The average Bonchev–Trinajstić information content (AvgIpc) is 3.05. The SMILES string of the molecule is O=C(CSc1nnc(NC2CCCCC2)s1)Nc1cc(Cl)ccc1F. The zero-order valence-corrected chi connectivity index (χ0v) is 15.8. The number of nitrogens with one attached hydrogen (secondary N) is 2. The predicted molar refractivity (Wildman–Crippen MR) is 101 cm³/mol. The monoisotopic (exact) mass is 400 g/mol. The van der Waals surface area contributed by atoms with Gasteiger partial charge in [-0.15, -0.1) is 10.2 Å². The highest BCUT2D eigenvalue weighted by atomic mass is 35.5. The molecule has 0 spiro atoms. The molecule has 3 rings (SSSR count). The molecule has 2 N–H and O–H groups in total. The summed E-state index contributed by atoms with van der Waals surface area (Å²) in [5.41, 5.74) is 0.0787. The third-order valence-corrected chi connectivity index (χ3v) is 6.09. The summed E-state index contributed by atoms with van der Waals surface area (Å²) < 4.78 is 14.3. The Labute approximate surface area is 158 Å². The third kappa shape index (κ3) is 5.55. The second-order valence-corrected chi connectivity index (χ2v) is 8.45. The highest BCUT2D eigenvalue weighted by Gasteiger charge is 2.16. The first-order valence-electron chi connectivity index (χ1n) is 8.08. The van der Waals surface area contributed by atoms with Gasteiger partial charge in [0.2, 0.25) is 11.0 Å². The van der Waals surface area contributed by atoms with E-state index in [1.54, 1.807) is 0 Å². The van der Waals surface area contributed by atoms with Gasteiger partial charge in [-0.2, -0.15) is 0 Å². The number of amides is 1. The van der Waals surface area contributed by atoms with Crippen molar-refractivity contribution in [1.29, 1.82) is 0 Å². The second-order valence-electron chi connectivity index (χ2n) is 5.81. The van der Waals surface area contributed by atoms with Crippen molar-refractivity contribution < 1.29 is 9.18 Å². The van der Waals surface area contributed by atoms with Crippen molar-refractivity contribution in [2.24, 2.45) is 0 Å². The molecular formula is C16H18ClFN4OS2. The van der Waals surface area contributed by atoms with Gasteiger partial charge < -0.3 is 10.6 Å². The smallest absolute Gasteiger partial charge is 0.234 e. The van der Waals surface area contributed by atoms with Gasteiger partial charge >= 0.3 is 0 Å². The van der Waals surface area contributed by atoms with Gasteiger partial charge in [-0.05, 0) is 31.0 Å². The Morgan fingerprint density at radius 3 is 2.92 bits per heavy atom. The van der Waals surface area contributed by atoms with Crippen LogP contribution in [0.4, 0.5) is 15.2 Å². The number of rotatable bonds is 6. The Kier molecular flexibility index (Phi) is 6.50. The van der Waals surface area contributed by atoms with Crippen LogP contribution in [-0.2, 0) is 4.79 Å². The summed E-state index contributed by atoms with van der Waals surface area (Å²) in [6, 6.07) is 4.51. The van der Waals surface area contributed by atoms with Crippen molar-refractivity contribution in [2.45, 2.75) is 42.5 Å². The van der Waals surface area contributed by atoms with Gasteiger partial charge in [-0.3, -0.25) is 4.79 Å². The zero-order valence-electron chi connectivity index (χ0n) is 13.4. The Hall–Kier alpha value is -1.38. The van der Waals surface area contributed by atoms with Gasteiger partial charge in [0, 0.05) is 11.1 Å². The minimum absolute atomic E-state index is 0.0787. The van der Waals surface area contributed by atoms with E-state index in [1.807, 2.05) is 0 Å². The van der Waals surface area contributed by atoms with E-state index in [0.717, 1.165) is 18.0 Å². The lowest BCUT2D eigenvalue weighted by Crippen LogP contribution is -2.21. The van der Waals surface area contributed by atoms with Crippen molar-refractivity contribution in [3.8, 4) is 0 Å². The highest BCUT2D eigenvalue weighted by molar-refractivity contribution is 8.01. The molecule has 0 aliphatic heterocycles. The summed E-state index contributed by atoms with van der Waals surface area (Å²) in [6.45, 7) is 0. The van der Waals surface area contributed by atoms with Gasteiger partial charge in [0.25, 0.3) is 0 Å². The minimum atomic E-state index is -0.516. The molecule has 1 aliphatic rings. The van der Waals surface area contributed by atoms with Crippen LogP contribution in [0.15, 0.2) is 22.5 Å². The fourth-order valence-corrected chi connectivity index (χ4v) is 4.46. The molecule has 25 heavy (non-hydrogen) atoms. The molecule has 1 aromatic heterocycles. The van der Waals surface area contributed by atoms with Crippen LogP contribution in [-0.4, -0.2) is 27.9 Å². The van der Waals surface area contributed by atoms with Crippen LogP contribution < -0.4 is 10.6 Å². The number of benzene rings is 1. The Morgan fingerprint density at radius 1 is 1.32 bits per heavy atom. The van der Waals surface area contributed by atoms with Crippen molar-refractivity contribution in [3.63, 3.8) is 0 Å². The molecule has 1 aromatic carbocycles. The number of anilines is 2. The molecule has 1 amide bonds. The van der Waals surface area contributed by atoms with E-state index < -0.39 is 5.82 Å². The molecule has 0 unspecified atom stereocenters. The van der Waals surface area contributed by atoms with Crippen molar-refractivity contribution in [1.82, 2.24) is 10.2 Å². The van der Waals surface area contributed by atoms with Crippen LogP contribution in [0.5, 0.6) is 0 Å². The van der Waals surface area contributed by atoms with E-state index in [2.05, 4.69) is 20.8 Å². The maximum Gasteiger partial charge on any atom is 0.234 e. The van der Waals surface area contributed by atoms with Crippen LogP contribution in [0.1, 0.15) is 32.1 Å². The summed E-state index contributed by atoms with van der Waals surface area (Å²) >= 11 is 8.52. The van der Waals surface area contributed by atoms with Crippen LogP contribution in [0.25, 0.3) is 0 Å². The van der Waals surface area contributed by atoms with Crippen molar-refractivity contribution in [3.05, 3.63) is 29.0 Å². The van der Waals surface area contributed by atoms with Gasteiger partial charge in [0.15, 0.2) is 4.34 Å². The van der Waals surface area contributed by atoms with Gasteiger partial charge in [0.1, 0.15) is 5.82 Å². The summed E-state index contributed by atoms with van der Waals surface area (Å²) in [7, 11) is 0. The number of halogens is 2. The first-order valence-corrected chi connectivity index (χ1v) is 10.3. The molecular weight excluding hydrogens is 383 g/mol. The fraction of sp³-hybridized carbons (Fsp3) is 0.438. The summed E-state index contributed by atoms with van der Waals surface area (Å²) in [6.07, 6.45) is 6.12. The Morgan fingerprint density at radius 2 is 2.12 bits per heavy atom. The number of carbonyl (C=O) groups excluding carboxylic acids is 1. The lowest BCUT2D eigenvalue weighted by atomic mass is 9.96. The fourth-order valence-electron chi connectivity index (χ4n) is 2.65. The predicted octanol–water partition coefficient (Wildman–Crippen LogP) is 4.81. The molecule has 1 saturated carbocycles. The maximum absolute atomic E-state index is 13.6. The van der Waals surface area contributed by atoms with Crippen LogP contribution in [0, 0.1) is 5.82 Å². The molecule has 2 aromatic rings. The summed E-state index contributed by atoms with van der Waals surface area (Å²) in [5, 5.41) is 15.3. The number of hydrogen-bond donors (Lipinski definition) is 2. The number of carbonyl (C=O) groups is 1. The van der Waals surface area contributed by atoms with Gasteiger partial charge in [-0.25, -0.2) is 4.39 Å². The largest absolute Gasteiger partial charge is 0.357 e. The molecule has 0 saturated heterocycles. The van der Waals surface area contributed by atoms with Crippen molar-refractivity contribution in [2.75, 3.05) is 16.4 Å². The number of hydrogen-bond acceptors (Lipinski definition) is 6. The van der Waals surface area contributed by atoms with Gasteiger partial charge in [0.05, 0.1) is 11.4 Å². The van der Waals surface area contributed by atoms with E-state index in [1.165, 1.54) is 60.6 Å². The number of aromatic nitrogens is 2. The highest BCUT2D eigenvalue weighted by Crippen LogP contribution is 2.28. The normalized spacial score (nSPS) is 15.1. The molecule has 134 valence electrons. The number of thioether (sulfide) groups is 1. The quantitative estimate of drug-likeness (QED) is 0.681. The second kappa shape index (κ2) is 8.82. The molecule has 5 nitrogen and oxygen atoms in total. The van der Waals surface area contributed by atoms with Crippen LogP contribution in [0.2, 0.25) is 5.02 Å². The number of nitrogens with zero attached hydrogens (tertiary/aromatic N) is 2. The van der Waals surface area contributed by atoms with E-state index in [4.69, 9.17) is 11.6 Å². The zero-order chi connectivity index (χ0) is 17.6. The van der Waals surface area contributed by atoms with Crippen molar-refractivity contribution >= 4 is 51.4 Å². The van der Waals surface area contributed by atoms with E-state index >= 15 is 0 Å². The lowest BCUT2D eigenvalue weighted by Gasteiger charge is -2.21. The van der Waals surface area contributed by atoms with E-state index in [-0.39, 0.29) is 17.3 Å². The molecule has 0 bridgehead atoms. The lowest BCUT2D eigenvalue weighted by molar-refractivity contribution is -0.113. The standard InChI is InChI=1S/C16H18ClFN4OS2/c17-10-6-7-12(18)13(8-10)20-14(23)9-24-16-22-21-15(25-16)19-11-4-2-1-3-5-11/h6-8,11H,1-5,9H2,(H,19,21)(H,20,23). The molecule has 0 radical (unpaired) electrons. The molecule has 9 heteroatoms. The summed E-state index contributed by atoms with van der Waals surface area (Å²) in [4.78, 5) is 12.0. The minimum Gasteiger partial charge on any atom is -0.357 e. The topological polar surface area (TPSA) is 66.9 Å². The Balaban J connectivity index is 1.48. The molecule has 1 aliphatic carbocycles. The van der Waals surface area contributed by atoms with Crippen LogP contribution in [0.3, 0.4) is 0 Å². The van der Waals surface area contributed by atoms with E-state index in [0.29, 0.717) is 15.4 Å². The third-order valence-electron chi connectivity index (χ3n) is 3.87. The molecule has 1 heterocycles.